The van der Waals surface area contributed by atoms with Gasteiger partial charge in [-0.25, -0.2) is 0 Å². The smallest absolute Gasteiger partial charge is 0.00139 e. The van der Waals surface area contributed by atoms with Crippen molar-refractivity contribution in [1.82, 2.24) is 0 Å². The summed E-state index contributed by atoms with van der Waals surface area (Å²) in [6.45, 7) is 20.6. The average molecular weight is 703 g/mol. The predicted octanol–water partition coefficient (Wildman–Crippen LogP) is 15.6. The third-order valence-electron chi connectivity index (χ3n) is 10.8. The van der Waals surface area contributed by atoms with Crippen LogP contribution in [0.4, 0.5) is 0 Å². The molecule has 0 amide bonds. The highest BCUT2D eigenvalue weighted by molar-refractivity contribution is 6.15. The molecule has 0 nitrogen and oxygen atoms in total. The van der Waals surface area contributed by atoms with E-state index in [1.54, 1.807) is 0 Å². The van der Waals surface area contributed by atoms with E-state index in [1.165, 1.54) is 83.5 Å². The lowest BCUT2D eigenvalue weighted by Crippen LogP contribution is -2.11. The van der Waals surface area contributed by atoms with Crippen LogP contribution in [0.3, 0.4) is 0 Å². The van der Waals surface area contributed by atoms with Crippen LogP contribution in [0.5, 0.6) is 0 Å². The highest BCUT2D eigenvalue weighted by Crippen LogP contribution is 2.56. The fraction of sp³-hybridized carbons (Fsp3) is 0.222. The summed E-state index contributed by atoms with van der Waals surface area (Å²) in [6, 6.07) is 61.3. The Labute approximate surface area is 324 Å². The lowest BCUT2D eigenvalue weighted by atomic mass is 9.73. The SMILES string of the molecule is CC(C)(C)c1ccc(-c2c(-c3ccccc3)c(-c3ccccc3)c(-c3ccccc3)c(-c3ccc(C(C)(C)C)cc3)c2-c2ccc(C(C)(C)C)cc2)cc1. The Morgan fingerprint density at radius 2 is 0.370 bits per heavy atom. The monoisotopic (exact) mass is 702 g/mol. The van der Waals surface area contributed by atoms with E-state index in [-0.39, 0.29) is 16.2 Å². The Kier molecular flexibility index (Phi) is 9.84. The Morgan fingerprint density at radius 3 is 0.537 bits per heavy atom. The zero-order chi connectivity index (χ0) is 38.3. The van der Waals surface area contributed by atoms with Gasteiger partial charge in [0.25, 0.3) is 0 Å². The quantitative estimate of drug-likeness (QED) is 0.162. The predicted molar refractivity (Wildman–Crippen MR) is 235 cm³/mol. The van der Waals surface area contributed by atoms with Gasteiger partial charge in [0.15, 0.2) is 0 Å². The molecule has 0 unspecified atom stereocenters. The van der Waals surface area contributed by atoms with Gasteiger partial charge in [-0.05, 0) is 99.7 Å². The lowest BCUT2D eigenvalue weighted by Gasteiger charge is -2.30. The summed E-state index contributed by atoms with van der Waals surface area (Å²) in [4.78, 5) is 0. The molecule has 0 atom stereocenters. The highest BCUT2D eigenvalue weighted by Gasteiger charge is 2.30. The zero-order valence-corrected chi connectivity index (χ0v) is 33.6. The highest BCUT2D eigenvalue weighted by atomic mass is 14.3. The van der Waals surface area contributed by atoms with Crippen LogP contribution in [0.15, 0.2) is 164 Å². The second kappa shape index (κ2) is 14.4. The van der Waals surface area contributed by atoms with E-state index >= 15 is 0 Å². The molecule has 0 aliphatic heterocycles. The molecule has 0 radical (unpaired) electrons. The van der Waals surface area contributed by atoms with E-state index in [1.807, 2.05) is 0 Å². The summed E-state index contributed by atoms with van der Waals surface area (Å²) in [7, 11) is 0. The molecule has 0 heteroatoms. The molecule has 0 fully saturated rings. The van der Waals surface area contributed by atoms with Gasteiger partial charge in [0.05, 0.1) is 0 Å². The summed E-state index contributed by atoms with van der Waals surface area (Å²) in [5.41, 5.74) is 18.8. The summed E-state index contributed by atoms with van der Waals surface area (Å²) < 4.78 is 0. The van der Waals surface area contributed by atoms with Crippen molar-refractivity contribution in [1.29, 1.82) is 0 Å². The van der Waals surface area contributed by atoms with Gasteiger partial charge in [0.1, 0.15) is 0 Å². The van der Waals surface area contributed by atoms with Gasteiger partial charge < -0.3 is 0 Å². The van der Waals surface area contributed by atoms with Gasteiger partial charge in [-0.1, -0.05) is 226 Å². The van der Waals surface area contributed by atoms with E-state index in [9.17, 15) is 0 Å². The van der Waals surface area contributed by atoms with Crippen molar-refractivity contribution in [2.45, 2.75) is 78.6 Å². The Hall–Kier alpha value is -5.46. The molecule has 0 aliphatic rings. The van der Waals surface area contributed by atoms with Crippen molar-refractivity contribution in [3.63, 3.8) is 0 Å². The first-order valence-electron chi connectivity index (χ1n) is 19.4. The van der Waals surface area contributed by atoms with E-state index in [0.717, 1.165) is 0 Å². The van der Waals surface area contributed by atoms with Crippen LogP contribution < -0.4 is 0 Å². The van der Waals surface area contributed by atoms with Crippen LogP contribution in [0.2, 0.25) is 0 Å². The van der Waals surface area contributed by atoms with Crippen molar-refractivity contribution < 1.29 is 0 Å². The number of hydrogen-bond donors (Lipinski definition) is 0. The van der Waals surface area contributed by atoms with E-state index in [0.29, 0.717) is 0 Å². The average Bonchev–Trinajstić information content (AvgIpc) is 3.17. The molecule has 54 heavy (non-hydrogen) atoms. The van der Waals surface area contributed by atoms with Gasteiger partial charge >= 0.3 is 0 Å². The van der Waals surface area contributed by atoms with Crippen LogP contribution >= 0.6 is 0 Å². The number of benzene rings is 7. The van der Waals surface area contributed by atoms with Gasteiger partial charge in [-0.3, -0.25) is 0 Å². The first-order valence-corrected chi connectivity index (χ1v) is 19.4. The molecule has 0 aromatic heterocycles. The van der Waals surface area contributed by atoms with Crippen molar-refractivity contribution >= 4 is 0 Å². The molecular weight excluding hydrogens is 649 g/mol. The van der Waals surface area contributed by atoms with Crippen molar-refractivity contribution in [3.8, 4) is 66.8 Å². The van der Waals surface area contributed by atoms with Crippen molar-refractivity contribution in [2.75, 3.05) is 0 Å². The minimum atomic E-state index is 0.0390. The van der Waals surface area contributed by atoms with Gasteiger partial charge in [-0.15, -0.1) is 0 Å². The Morgan fingerprint density at radius 1 is 0.204 bits per heavy atom. The maximum atomic E-state index is 2.36. The molecule has 0 saturated heterocycles. The largest absolute Gasteiger partial charge is 0.0622 e. The summed E-state index contributed by atoms with van der Waals surface area (Å²) in [5.74, 6) is 0. The van der Waals surface area contributed by atoms with Gasteiger partial charge in [0.2, 0.25) is 0 Å². The van der Waals surface area contributed by atoms with E-state index in [2.05, 4.69) is 226 Å². The number of hydrogen-bond acceptors (Lipinski definition) is 0. The lowest BCUT2D eigenvalue weighted by molar-refractivity contribution is 0.590. The summed E-state index contributed by atoms with van der Waals surface area (Å²) >= 11 is 0. The van der Waals surface area contributed by atoms with Crippen LogP contribution in [-0.2, 0) is 16.2 Å². The minimum Gasteiger partial charge on any atom is -0.0622 e. The van der Waals surface area contributed by atoms with E-state index in [4.69, 9.17) is 0 Å². The normalized spacial score (nSPS) is 12.2. The van der Waals surface area contributed by atoms with Crippen LogP contribution in [-0.4, -0.2) is 0 Å². The molecule has 0 N–H and O–H groups in total. The van der Waals surface area contributed by atoms with Crippen molar-refractivity contribution in [3.05, 3.63) is 180 Å². The molecule has 7 aromatic rings. The number of rotatable bonds is 6. The van der Waals surface area contributed by atoms with E-state index < -0.39 is 0 Å². The van der Waals surface area contributed by atoms with Crippen molar-refractivity contribution in [2.24, 2.45) is 0 Å². The fourth-order valence-electron chi connectivity index (χ4n) is 7.71. The standard InChI is InChI=1S/C54H54/c1-52(2,3)43-31-25-40(26-32-43)49-47(38-21-15-11-16-22-38)46(37-19-13-10-14-20-37)48(39-23-17-12-18-24-39)50(41-27-33-44(34-28-41)53(4,5)6)51(49)42-29-35-45(36-30-42)54(7,8)9/h10-36H,1-9H3. The second-order valence-electron chi connectivity index (χ2n) is 17.8. The van der Waals surface area contributed by atoms with Crippen LogP contribution in [0.1, 0.15) is 79.0 Å². The molecule has 7 aromatic carbocycles. The Bertz CT molecular complexity index is 2220. The topological polar surface area (TPSA) is 0 Å². The molecule has 0 bridgehead atoms. The maximum absolute atomic E-state index is 2.36. The fourth-order valence-corrected chi connectivity index (χ4v) is 7.71. The molecule has 7 rings (SSSR count). The molecule has 0 aliphatic carbocycles. The molecular formula is C54H54. The maximum Gasteiger partial charge on any atom is -0.00139 e. The first-order chi connectivity index (χ1) is 25.7. The third kappa shape index (κ3) is 7.36. The molecule has 0 spiro atoms. The summed E-state index contributed by atoms with van der Waals surface area (Å²) in [5, 5.41) is 0. The minimum absolute atomic E-state index is 0.0390. The molecule has 0 saturated carbocycles. The zero-order valence-electron chi connectivity index (χ0n) is 33.6. The molecule has 270 valence electrons. The first kappa shape index (κ1) is 36.9. The summed E-state index contributed by atoms with van der Waals surface area (Å²) in [6.07, 6.45) is 0. The van der Waals surface area contributed by atoms with Crippen LogP contribution in [0.25, 0.3) is 66.8 Å². The van der Waals surface area contributed by atoms with Gasteiger partial charge in [-0.2, -0.15) is 0 Å². The second-order valence-corrected chi connectivity index (χ2v) is 17.8. The molecule has 0 heterocycles. The Balaban J connectivity index is 1.76. The van der Waals surface area contributed by atoms with Crippen LogP contribution in [0, 0.1) is 0 Å². The van der Waals surface area contributed by atoms with Gasteiger partial charge in [0, 0.05) is 0 Å². The third-order valence-corrected chi connectivity index (χ3v) is 10.8.